The molecule has 0 radical (unpaired) electrons. The zero-order valence-corrected chi connectivity index (χ0v) is 9.15. The van der Waals surface area contributed by atoms with Gasteiger partial charge < -0.3 is 0 Å². The fraction of sp³-hybridized carbons (Fsp3) is 0.111. The number of allylic oxidation sites excluding steroid dienone is 1. The van der Waals surface area contributed by atoms with Crippen molar-refractivity contribution < 1.29 is 0 Å². The van der Waals surface area contributed by atoms with Gasteiger partial charge in [0.05, 0.1) is 0 Å². The topological polar surface area (TPSA) is 0 Å². The molecule has 0 heterocycles. The average molecular weight is 276 g/mol. The van der Waals surface area contributed by atoms with E-state index in [0.29, 0.717) is 0 Å². The smallest absolute Gasteiger partial charge is 0.0211 e. The van der Waals surface area contributed by atoms with E-state index >= 15 is 0 Å². The summed E-state index contributed by atoms with van der Waals surface area (Å²) < 4.78 is 2.25. The first kappa shape index (κ1) is 9.01. The van der Waals surface area contributed by atoms with Crippen molar-refractivity contribution >= 4 is 31.9 Å². The van der Waals surface area contributed by atoms with Crippen LogP contribution in [0.15, 0.2) is 39.8 Å². The Kier molecular flexibility index (Phi) is 3.34. The number of hydrogen-bond acceptors (Lipinski definition) is 0. The summed E-state index contributed by atoms with van der Waals surface area (Å²) in [5.74, 6) is 0. The maximum Gasteiger partial charge on any atom is 0.0211 e. The lowest BCUT2D eigenvalue weighted by Gasteiger charge is -2.00. The number of halogens is 2. The highest BCUT2D eigenvalue weighted by atomic mass is 79.9. The van der Waals surface area contributed by atoms with Gasteiger partial charge in [0, 0.05) is 8.95 Å². The van der Waals surface area contributed by atoms with Gasteiger partial charge in [-0.3, -0.25) is 0 Å². The molecule has 58 valence electrons. The van der Waals surface area contributed by atoms with E-state index in [9.17, 15) is 0 Å². The van der Waals surface area contributed by atoms with Crippen LogP contribution in [0.25, 0.3) is 0 Å². The first-order valence-corrected chi connectivity index (χ1v) is 4.87. The van der Waals surface area contributed by atoms with Gasteiger partial charge in [0.15, 0.2) is 0 Å². The van der Waals surface area contributed by atoms with Crippen LogP contribution in [0.3, 0.4) is 0 Å². The number of hydrogen-bond donors (Lipinski definition) is 0. The van der Waals surface area contributed by atoms with Crippen molar-refractivity contribution in [2.24, 2.45) is 0 Å². The third-order valence-electron chi connectivity index (χ3n) is 1.37. The SMILES string of the molecule is C=CCc1cc(Br)ccc1Br. The predicted molar refractivity (Wildman–Crippen MR) is 55.7 cm³/mol. The Morgan fingerprint density at radius 2 is 2.09 bits per heavy atom. The maximum absolute atomic E-state index is 3.69. The molecule has 1 aromatic carbocycles. The lowest BCUT2D eigenvalue weighted by Crippen LogP contribution is -1.82. The molecule has 0 aromatic heterocycles. The molecule has 0 nitrogen and oxygen atoms in total. The summed E-state index contributed by atoms with van der Waals surface area (Å²) in [5, 5.41) is 0. The second-order valence-electron chi connectivity index (χ2n) is 2.23. The summed E-state index contributed by atoms with van der Waals surface area (Å²) in [4.78, 5) is 0. The van der Waals surface area contributed by atoms with E-state index in [1.165, 1.54) is 5.56 Å². The van der Waals surface area contributed by atoms with Crippen LogP contribution >= 0.6 is 31.9 Å². The lowest BCUT2D eigenvalue weighted by molar-refractivity contribution is 1.25. The van der Waals surface area contributed by atoms with Gasteiger partial charge in [-0.05, 0) is 30.2 Å². The standard InChI is InChI=1S/C9H8Br2/c1-2-3-7-6-8(10)4-5-9(7)11/h2,4-6H,1,3H2. The van der Waals surface area contributed by atoms with Crippen molar-refractivity contribution in [3.8, 4) is 0 Å². The molecule has 0 spiro atoms. The first-order valence-electron chi connectivity index (χ1n) is 3.29. The molecule has 0 N–H and O–H groups in total. The molecule has 0 aliphatic rings. The van der Waals surface area contributed by atoms with Crippen LogP contribution in [0, 0.1) is 0 Å². The fourth-order valence-corrected chi connectivity index (χ4v) is 1.67. The Hall–Kier alpha value is -0.0800. The zero-order valence-electron chi connectivity index (χ0n) is 5.98. The van der Waals surface area contributed by atoms with Crippen molar-refractivity contribution in [1.29, 1.82) is 0 Å². The van der Waals surface area contributed by atoms with E-state index in [0.717, 1.165) is 15.4 Å². The Labute approximate surface area is 83.6 Å². The summed E-state index contributed by atoms with van der Waals surface area (Å²) >= 11 is 6.87. The minimum atomic E-state index is 0.903. The van der Waals surface area contributed by atoms with E-state index in [-0.39, 0.29) is 0 Å². The second-order valence-corrected chi connectivity index (χ2v) is 4.00. The van der Waals surface area contributed by atoms with Gasteiger partial charge in [-0.25, -0.2) is 0 Å². The van der Waals surface area contributed by atoms with Gasteiger partial charge in [-0.15, -0.1) is 6.58 Å². The third-order valence-corrected chi connectivity index (χ3v) is 2.64. The minimum absolute atomic E-state index is 0.903. The van der Waals surface area contributed by atoms with E-state index < -0.39 is 0 Å². The van der Waals surface area contributed by atoms with Gasteiger partial charge in [-0.1, -0.05) is 37.9 Å². The highest BCUT2D eigenvalue weighted by Gasteiger charge is 1.97. The molecule has 0 amide bonds. The van der Waals surface area contributed by atoms with Crippen LogP contribution in [0.2, 0.25) is 0 Å². The molecule has 0 aliphatic carbocycles. The van der Waals surface area contributed by atoms with Gasteiger partial charge in [0.2, 0.25) is 0 Å². The van der Waals surface area contributed by atoms with Gasteiger partial charge in [0.1, 0.15) is 0 Å². The quantitative estimate of drug-likeness (QED) is 0.718. The number of rotatable bonds is 2. The Balaban J connectivity index is 3.01. The zero-order chi connectivity index (χ0) is 8.27. The molecule has 0 fully saturated rings. The average Bonchev–Trinajstić information content (AvgIpc) is 1.98. The first-order chi connectivity index (χ1) is 5.24. The monoisotopic (exact) mass is 274 g/mol. The molecule has 0 unspecified atom stereocenters. The molecule has 1 rings (SSSR count). The highest BCUT2D eigenvalue weighted by Crippen LogP contribution is 2.21. The summed E-state index contributed by atoms with van der Waals surface area (Å²) in [6.45, 7) is 3.69. The van der Waals surface area contributed by atoms with Crippen LogP contribution in [0.5, 0.6) is 0 Å². The molecule has 1 aromatic rings. The molecule has 0 saturated carbocycles. The third kappa shape index (κ3) is 2.46. The van der Waals surface area contributed by atoms with Gasteiger partial charge >= 0.3 is 0 Å². The second kappa shape index (κ2) is 4.07. The van der Waals surface area contributed by atoms with Gasteiger partial charge in [-0.2, -0.15) is 0 Å². The maximum atomic E-state index is 3.69. The van der Waals surface area contributed by atoms with Crippen molar-refractivity contribution in [3.63, 3.8) is 0 Å². The van der Waals surface area contributed by atoms with E-state index in [2.05, 4.69) is 44.5 Å². The highest BCUT2D eigenvalue weighted by molar-refractivity contribution is 9.11. The summed E-state index contributed by atoms with van der Waals surface area (Å²) in [5.41, 5.74) is 1.26. The summed E-state index contributed by atoms with van der Waals surface area (Å²) in [7, 11) is 0. The fourth-order valence-electron chi connectivity index (χ4n) is 0.855. The molecule has 11 heavy (non-hydrogen) atoms. The van der Waals surface area contributed by atoms with E-state index in [1.807, 2.05) is 18.2 Å². The molecular weight excluding hydrogens is 268 g/mol. The molecule has 0 saturated heterocycles. The number of benzene rings is 1. The van der Waals surface area contributed by atoms with Gasteiger partial charge in [0.25, 0.3) is 0 Å². The normalized spacial score (nSPS) is 9.64. The van der Waals surface area contributed by atoms with Crippen molar-refractivity contribution in [1.82, 2.24) is 0 Å². The molecule has 0 atom stereocenters. The van der Waals surface area contributed by atoms with E-state index in [1.54, 1.807) is 0 Å². The molecule has 2 heteroatoms. The summed E-state index contributed by atoms with van der Waals surface area (Å²) in [6.07, 6.45) is 2.80. The Bertz CT molecular complexity index is 266. The van der Waals surface area contributed by atoms with Crippen LogP contribution in [0.1, 0.15) is 5.56 Å². The van der Waals surface area contributed by atoms with Crippen molar-refractivity contribution in [3.05, 3.63) is 45.4 Å². The van der Waals surface area contributed by atoms with E-state index in [4.69, 9.17) is 0 Å². The minimum Gasteiger partial charge on any atom is -0.103 e. The molecular formula is C9H8Br2. The van der Waals surface area contributed by atoms with Crippen LogP contribution in [0.4, 0.5) is 0 Å². The van der Waals surface area contributed by atoms with Crippen LogP contribution in [-0.2, 0) is 6.42 Å². The predicted octanol–water partition coefficient (Wildman–Crippen LogP) is 3.94. The van der Waals surface area contributed by atoms with Crippen molar-refractivity contribution in [2.75, 3.05) is 0 Å². The van der Waals surface area contributed by atoms with Crippen LogP contribution in [-0.4, -0.2) is 0 Å². The lowest BCUT2D eigenvalue weighted by atomic mass is 10.2. The largest absolute Gasteiger partial charge is 0.103 e. The van der Waals surface area contributed by atoms with Crippen molar-refractivity contribution in [2.45, 2.75) is 6.42 Å². The Morgan fingerprint density at radius 3 is 2.73 bits per heavy atom. The molecule has 0 bridgehead atoms. The van der Waals surface area contributed by atoms with Crippen LogP contribution < -0.4 is 0 Å². The summed E-state index contributed by atoms with van der Waals surface area (Å²) in [6, 6.07) is 6.13. The Morgan fingerprint density at radius 1 is 1.36 bits per heavy atom. The molecule has 0 aliphatic heterocycles.